The summed E-state index contributed by atoms with van der Waals surface area (Å²) in [6.07, 6.45) is 3.49. The Balaban J connectivity index is 1.51. The predicted octanol–water partition coefficient (Wildman–Crippen LogP) is 3.78. The Morgan fingerprint density at radius 2 is 2.04 bits per heavy atom. The molecule has 1 saturated carbocycles. The number of hydrogen-bond donors (Lipinski definition) is 1. The molecule has 1 aliphatic rings. The van der Waals surface area contributed by atoms with Gasteiger partial charge in [-0.05, 0) is 42.5 Å². The van der Waals surface area contributed by atoms with E-state index in [1.54, 1.807) is 7.11 Å². The second-order valence-electron chi connectivity index (χ2n) is 6.83. The number of amides is 1. The SMILES string of the molecule is COc1ccc(-c2nnc(SCC(=O)N[C@H]3CCC[C@@H](C)[C@H]3C)o2)cc1. The Morgan fingerprint density at radius 3 is 2.77 bits per heavy atom. The topological polar surface area (TPSA) is 77.2 Å². The normalized spacial score (nSPS) is 22.8. The zero-order chi connectivity index (χ0) is 18.5. The van der Waals surface area contributed by atoms with E-state index in [1.807, 2.05) is 24.3 Å². The van der Waals surface area contributed by atoms with Crippen LogP contribution in [0.4, 0.5) is 0 Å². The van der Waals surface area contributed by atoms with Crippen molar-refractivity contribution in [3.63, 3.8) is 0 Å². The van der Waals surface area contributed by atoms with Gasteiger partial charge in [-0.3, -0.25) is 4.79 Å². The fourth-order valence-corrected chi connectivity index (χ4v) is 3.85. The number of ether oxygens (including phenoxy) is 1. The van der Waals surface area contributed by atoms with Crippen molar-refractivity contribution in [1.29, 1.82) is 0 Å². The zero-order valence-corrected chi connectivity index (χ0v) is 16.2. The van der Waals surface area contributed by atoms with Gasteiger partial charge in [0, 0.05) is 11.6 Å². The van der Waals surface area contributed by atoms with E-state index in [0.717, 1.165) is 17.7 Å². The van der Waals surface area contributed by atoms with Crippen LogP contribution in [0.15, 0.2) is 33.9 Å². The maximum Gasteiger partial charge on any atom is 0.277 e. The lowest BCUT2D eigenvalue weighted by molar-refractivity contribution is -0.120. The molecule has 0 saturated heterocycles. The molecule has 1 N–H and O–H groups in total. The molecule has 3 atom stereocenters. The summed E-state index contributed by atoms with van der Waals surface area (Å²) >= 11 is 1.27. The summed E-state index contributed by atoms with van der Waals surface area (Å²) in [5.74, 6) is 2.68. The van der Waals surface area contributed by atoms with E-state index >= 15 is 0 Å². The molecule has 0 spiro atoms. The molecule has 7 heteroatoms. The number of benzene rings is 1. The fourth-order valence-electron chi connectivity index (χ4n) is 3.28. The highest BCUT2D eigenvalue weighted by molar-refractivity contribution is 7.99. The molecule has 0 unspecified atom stereocenters. The minimum absolute atomic E-state index is 0.0187. The molecule has 6 nitrogen and oxygen atoms in total. The molecule has 1 aliphatic carbocycles. The van der Waals surface area contributed by atoms with E-state index in [1.165, 1.54) is 24.6 Å². The molecule has 0 radical (unpaired) electrons. The molecule has 1 amide bonds. The molecule has 1 aromatic carbocycles. The first-order valence-corrected chi connectivity index (χ1v) is 9.95. The van der Waals surface area contributed by atoms with Gasteiger partial charge in [0.05, 0.1) is 12.9 Å². The van der Waals surface area contributed by atoms with Crippen molar-refractivity contribution in [3.8, 4) is 17.2 Å². The third kappa shape index (κ3) is 4.58. The van der Waals surface area contributed by atoms with Gasteiger partial charge in [-0.25, -0.2) is 0 Å². The third-order valence-electron chi connectivity index (χ3n) is 5.12. The lowest BCUT2D eigenvalue weighted by atomic mass is 9.78. The Morgan fingerprint density at radius 1 is 1.27 bits per heavy atom. The van der Waals surface area contributed by atoms with Gasteiger partial charge < -0.3 is 14.5 Å². The van der Waals surface area contributed by atoms with Gasteiger partial charge >= 0.3 is 0 Å². The highest BCUT2D eigenvalue weighted by Gasteiger charge is 2.28. The van der Waals surface area contributed by atoms with E-state index in [2.05, 4.69) is 29.4 Å². The lowest BCUT2D eigenvalue weighted by Crippen LogP contribution is -2.44. The van der Waals surface area contributed by atoms with E-state index in [4.69, 9.17) is 9.15 Å². The van der Waals surface area contributed by atoms with Crippen LogP contribution >= 0.6 is 11.8 Å². The summed E-state index contributed by atoms with van der Waals surface area (Å²) in [6, 6.07) is 7.67. The van der Waals surface area contributed by atoms with Gasteiger partial charge in [0.15, 0.2) is 0 Å². The van der Waals surface area contributed by atoms with Gasteiger partial charge in [0.2, 0.25) is 11.8 Å². The summed E-state index contributed by atoms with van der Waals surface area (Å²) in [5, 5.41) is 11.6. The first-order chi connectivity index (χ1) is 12.6. The van der Waals surface area contributed by atoms with Crippen LogP contribution in [0.1, 0.15) is 33.1 Å². The van der Waals surface area contributed by atoms with Gasteiger partial charge in [-0.15, -0.1) is 10.2 Å². The largest absolute Gasteiger partial charge is 0.497 e. The molecular weight excluding hydrogens is 350 g/mol. The quantitative estimate of drug-likeness (QED) is 0.774. The third-order valence-corrected chi connectivity index (χ3v) is 5.94. The standard InChI is InChI=1S/C19H25N3O3S/c1-12-5-4-6-16(13(12)2)20-17(23)11-26-19-22-21-18(25-19)14-7-9-15(24-3)10-8-14/h7-10,12-13,16H,4-6,11H2,1-3H3,(H,20,23)/t12-,13-,16+/m1/s1. The zero-order valence-electron chi connectivity index (χ0n) is 15.4. The number of nitrogens with one attached hydrogen (secondary N) is 1. The van der Waals surface area contributed by atoms with Crippen molar-refractivity contribution in [1.82, 2.24) is 15.5 Å². The van der Waals surface area contributed by atoms with E-state index in [-0.39, 0.29) is 17.7 Å². The van der Waals surface area contributed by atoms with Crippen LogP contribution in [-0.4, -0.2) is 35.0 Å². The monoisotopic (exact) mass is 375 g/mol. The summed E-state index contributed by atoms with van der Waals surface area (Å²) in [7, 11) is 1.62. The Hall–Kier alpha value is -2.02. The average Bonchev–Trinajstić information content (AvgIpc) is 3.13. The second-order valence-corrected chi connectivity index (χ2v) is 7.76. The second kappa shape index (κ2) is 8.58. The van der Waals surface area contributed by atoms with E-state index < -0.39 is 0 Å². The van der Waals surface area contributed by atoms with Crippen molar-refractivity contribution in [2.24, 2.45) is 11.8 Å². The molecule has 26 heavy (non-hydrogen) atoms. The minimum Gasteiger partial charge on any atom is -0.497 e. The average molecular weight is 375 g/mol. The maximum atomic E-state index is 12.2. The van der Waals surface area contributed by atoms with Gasteiger partial charge in [-0.1, -0.05) is 38.5 Å². The number of carbonyl (C=O) groups is 1. The van der Waals surface area contributed by atoms with Crippen molar-refractivity contribution in [2.75, 3.05) is 12.9 Å². The van der Waals surface area contributed by atoms with Gasteiger partial charge in [-0.2, -0.15) is 0 Å². The fraction of sp³-hybridized carbons (Fsp3) is 0.526. The molecular formula is C19H25N3O3S. The van der Waals surface area contributed by atoms with Crippen molar-refractivity contribution >= 4 is 17.7 Å². The molecule has 0 aliphatic heterocycles. The highest BCUT2D eigenvalue weighted by atomic mass is 32.2. The Labute approximate surface area is 158 Å². The molecule has 1 fully saturated rings. The smallest absolute Gasteiger partial charge is 0.277 e. The first-order valence-electron chi connectivity index (χ1n) is 8.97. The molecule has 140 valence electrons. The molecule has 1 heterocycles. The van der Waals surface area contributed by atoms with Crippen molar-refractivity contribution in [2.45, 2.75) is 44.4 Å². The number of methoxy groups -OCH3 is 1. The number of hydrogen-bond acceptors (Lipinski definition) is 6. The number of aromatic nitrogens is 2. The van der Waals surface area contributed by atoms with Crippen LogP contribution in [0.5, 0.6) is 5.75 Å². The minimum atomic E-state index is 0.0187. The lowest BCUT2D eigenvalue weighted by Gasteiger charge is -2.34. The first kappa shape index (κ1) is 18.8. The maximum absolute atomic E-state index is 12.2. The van der Waals surface area contributed by atoms with Gasteiger partial charge in [0.25, 0.3) is 5.22 Å². The number of nitrogens with zero attached hydrogens (tertiary/aromatic N) is 2. The highest BCUT2D eigenvalue weighted by Crippen LogP contribution is 2.30. The number of carbonyl (C=O) groups excluding carboxylic acids is 1. The van der Waals surface area contributed by atoms with Gasteiger partial charge in [0.1, 0.15) is 5.75 Å². The number of rotatable bonds is 6. The molecule has 3 rings (SSSR count). The van der Waals surface area contributed by atoms with Crippen molar-refractivity contribution in [3.05, 3.63) is 24.3 Å². The Bertz CT molecular complexity index is 732. The van der Waals surface area contributed by atoms with Crippen LogP contribution in [0.3, 0.4) is 0 Å². The van der Waals surface area contributed by atoms with E-state index in [9.17, 15) is 4.79 Å². The summed E-state index contributed by atoms with van der Waals surface area (Å²) in [6.45, 7) is 4.48. The molecule has 2 aromatic rings. The van der Waals surface area contributed by atoms with Crippen LogP contribution in [0, 0.1) is 11.8 Å². The van der Waals surface area contributed by atoms with Crippen LogP contribution in [-0.2, 0) is 4.79 Å². The Kier molecular flexibility index (Phi) is 6.19. The van der Waals surface area contributed by atoms with Crippen LogP contribution in [0.25, 0.3) is 11.5 Å². The summed E-state index contributed by atoms with van der Waals surface area (Å²) in [5.41, 5.74) is 0.819. The molecule has 0 bridgehead atoms. The summed E-state index contributed by atoms with van der Waals surface area (Å²) < 4.78 is 10.8. The number of thioether (sulfide) groups is 1. The predicted molar refractivity (Wildman–Crippen MR) is 101 cm³/mol. The van der Waals surface area contributed by atoms with Crippen molar-refractivity contribution < 1.29 is 13.9 Å². The molecule has 1 aromatic heterocycles. The van der Waals surface area contributed by atoms with Crippen LogP contribution in [0.2, 0.25) is 0 Å². The van der Waals surface area contributed by atoms with E-state index in [0.29, 0.717) is 22.9 Å². The summed E-state index contributed by atoms with van der Waals surface area (Å²) in [4.78, 5) is 12.2. The van der Waals surface area contributed by atoms with Crippen LogP contribution < -0.4 is 10.1 Å².